The monoisotopic (exact) mass is 316 g/mol. The first-order valence-electron chi connectivity index (χ1n) is 5.92. The summed E-state index contributed by atoms with van der Waals surface area (Å²) in [6, 6.07) is 5.27. The highest BCUT2D eigenvalue weighted by atomic mass is 19.4. The van der Waals surface area contributed by atoms with Gasteiger partial charge in [0.1, 0.15) is 0 Å². The zero-order valence-electron chi connectivity index (χ0n) is 10.9. The van der Waals surface area contributed by atoms with E-state index in [-0.39, 0.29) is 5.69 Å². The Labute approximate surface area is 121 Å². The average Bonchev–Trinajstić information content (AvgIpc) is 2.43. The van der Waals surface area contributed by atoms with Gasteiger partial charge < -0.3 is 5.73 Å². The molecule has 8 heteroatoms. The summed E-state index contributed by atoms with van der Waals surface area (Å²) in [6.07, 6.45) is -4.65. The van der Waals surface area contributed by atoms with Crippen LogP contribution in [0.5, 0.6) is 0 Å². The lowest BCUT2D eigenvalue weighted by Gasteiger charge is -2.22. The minimum Gasteiger partial charge on any atom is -0.351 e. The maximum absolute atomic E-state index is 13.8. The number of benzene rings is 2. The molecule has 0 aliphatic rings. The molecule has 3 nitrogen and oxygen atoms in total. The maximum atomic E-state index is 13.8. The number of nitrogens with zero attached hydrogens (tertiary/aromatic N) is 1. The molecule has 0 bridgehead atoms. The van der Waals surface area contributed by atoms with Crippen LogP contribution in [0.1, 0.15) is 5.56 Å². The predicted molar refractivity (Wildman–Crippen MR) is 69.5 cm³/mol. The molecule has 2 aromatic rings. The Balaban J connectivity index is 2.59. The molecule has 0 heterocycles. The number of urea groups is 1. The van der Waals surface area contributed by atoms with E-state index in [1.165, 1.54) is 0 Å². The third kappa shape index (κ3) is 3.00. The summed E-state index contributed by atoms with van der Waals surface area (Å²) in [7, 11) is 0. The van der Waals surface area contributed by atoms with E-state index in [9.17, 15) is 26.7 Å². The molecule has 0 radical (unpaired) electrons. The Morgan fingerprint density at radius 3 is 2.27 bits per heavy atom. The van der Waals surface area contributed by atoms with Crippen molar-refractivity contribution in [3.05, 3.63) is 59.7 Å². The van der Waals surface area contributed by atoms with Crippen molar-refractivity contribution in [3.63, 3.8) is 0 Å². The Morgan fingerprint density at radius 2 is 1.68 bits per heavy atom. The van der Waals surface area contributed by atoms with Gasteiger partial charge in [0.15, 0.2) is 11.6 Å². The number of anilines is 2. The number of halogens is 5. The van der Waals surface area contributed by atoms with Crippen LogP contribution < -0.4 is 10.6 Å². The summed E-state index contributed by atoms with van der Waals surface area (Å²) in [5, 5.41) is 0. The maximum Gasteiger partial charge on any atom is 0.416 e. The highest BCUT2D eigenvalue weighted by Gasteiger charge is 2.31. The van der Waals surface area contributed by atoms with Crippen LogP contribution in [0.4, 0.5) is 38.1 Å². The topological polar surface area (TPSA) is 46.3 Å². The number of hydrogen-bond donors (Lipinski definition) is 1. The van der Waals surface area contributed by atoms with Crippen molar-refractivity contribution < 1.29 is 26.7 Å². The number of primary amides is 1. The highest BCUT2D eigenvalue weighted by molar-refractivity contribution is 5.98. The van der Waals surface area contributed by atoms with E-state index in [0.717, 1.165) is 36.4 Å². The van der Waals surface area contributed by atoms with Crippen LogP contribution in [-0.4, -0.2) is 6.03 Å². The van der Waals surface area contributed by atoms with Gasteiger partial charge in [0.25, 0.3) is 0 Å². The number of amides is 2. The lowest BCUT2D eigenvalue weighted by molar-refractivity contribution is -0.137. The molecule has 0 atom stereocenters. The minimum absolute atomic E-state index is 0.327. The number of carbonyl (C=O) groups excluding carboxylic acids is 1. The molecular formula is C14H9F5N2O. The van der Waals surface area contributed by atoms with Crippen molar-refractivity contribution in [1.29, 1.82) is 0 Å². The van der Waals surface area contributed by atoms with Gasteiger partial charge in [-0.25, -0.2) is 13.6 Å². The zero-order valence-corrected chi connectivity index (χ0v) is 10.9. The summed E-state index contributed by atoms with van der Waals surface area (Å²) in [6.45, 7) is 0. The first kappa shape index (κ1) is 15.7. The van der Waals surface area contributed by atoms with Crippen LogP contribution in [-0.2, 0) is 6.18 Å². The third-order valence-corrected chi connectivity index (χ3v) is 2.82. The third-order valence-electron chi connectivity index (χ3n) is 2.82. The van der Waals surface area contributed by atoms with Gasteiger partial charge in [-0.15, -0.1) is 0 Å². The first-order chi connectivity index (χ1) is 10.2. The average molecular weight is 316 g/mol. The normalized spacial score (nSPS) is 11.3. The van der Waals surface area contributed by atoms with Gasteiger partial charge in [-0.2, -0.15) is 13.2 Å². The van der Waals surface area contributed by atoms with Gasteiger partial charge >= 0.3 is 12.2 Å². The number of rotatable bonds is 2. The molecule has 0 spiro atoms. The number of nitrogens with two attached hydrogens (primary N) is 1. The molecule has 0 saturated heterocycles. The van der Waals surface area contributed by atoms with Crippen LogP contribution in [0.2, 0.25) is 0 Å². The van der Waals surface area contributed by atoms with Gasteiger partial charge in [0, 0.05) is 0 Å². The van der Waals surface area contributed by atoms with E-state index < -0.39 is 35.1 Å². The second kappa shape index (κ2) is 5.63. The number of alkyl halides is 3. The SMILES string of the molecule is NC(=O)N(c1cccc(C(F)(F)F)c1)c1cccc(F)c1F. The Kier molecular flexibility index (Phi) is 4.03. The summed E-state index contributed by atoms with van der Waals surface area (Å²) in [5.41, 5.74) is 3.14. The fourth-order valence-corrected chi connectivity index (χ4v) is 1.87. The smallest absolute Gasteiger partial charge is 0.351 e. The van der Waals surface area contributed by atoms with E-state index in [4.69, 9.17) is 5.73 Å². The largest absolute Gasteiger partial charge is 0.416 e. The van der Waals surface area contributed by atoms with Crippen molar-refractivity contribution in [2.45, 2.75) is 6.18 Å². The molecule has 22 heavy (non-hydrogen) atoms. The molecule has 0 fully saturated rings. The van der Waals surface area contributed by atoms with Crippen LogP contribution in [0.25, 0.3) is 0 Å². The molecule has 116 valence electrons. The van der Waals surface area contributed by atoms with Crippen LogP contribution in [0.3, 0.4) is 0 Å². The lowest BCUT2D eigenvalue weighted by atomic mass is 10.1. The quantitative estimate of drug-likeness (QED) is 0.829. The Hall–Kier alpha value is -2.64. The second-order valence-electron chi connectivity index (χ2n) is 4.29. The number of hydrogen-bond acceptors (Lipinski definition) is 1. The molecule has 2 rings (SSSR count). The van der Waals surface area contributed by atoms with Crippen molar-refractivity contribution in [2.75, 3.05) is 4.90 Å². The van der Waals surface area contributed by atoms with Gasteiger partial charge in [-0.05, 0) is 30.3 Å². The second-order valence-corrected chi connectivity index (χ2v) is 4.29. The molecule has 0 saturated carbocycles. The van der Waals surface area contributed by atoms with Crippen molar-refractivity contribution in [2.24, 2.45) is 5.73 Å². The van der Waals surface area contributed by atoms with Crippen molar-refractivity contribution >= 4 is 17.4 Å². The summed E-state index contributed by atoms with van der Waals surface area (Å²) in [5.74, 6) is -2.64. The first-order valence-corrected chi connectivity index (χ1v) is 5.92. The van der Waals surface area contributed by atoms with Crippen molar-refractivity contribution in [1.82, 2.24) is 0 Å². The van der Waals surface area contributed by atoms with Gasteiger partial charge in [0.05, 0.1) is 16.9 Å². The summed E-state index contributed by atoms with van der Waals surface area (Å²) in [4.78, 5) is 12.0. The lowest BCUT2D eigenvalue weighted by Crippen LogP contribution is -2.32. The van der Waals surface area contributed by atoms with E-state index in [0.29, 0.717) is 11.0 Å². The minimum atomic E-state index is -4.65. The van der Waals surface area contributed by atoms with E-state index in [1.54, 1.807) is 0 Å². The molecule has 2 amide bonds. The predicted octanol–water partition coefficient (Wildman–Crippen LogP) is 4.20. The molecular weight excluding hydrogens is 307 g/mol. The molecule has 2 aromatic carbocycles. The van der Waals surface area contributed by atoms with E-state index in [1.807, 2.05) is 0 Å². The number of carbonyl (C=O) groups is 1. The molecule has 0 unspecified atom stereocenters. The van der Waals surface area contributed by atoms with E-state index in [2.05, 4.69) is 0 Å². The van der Waals surface area contributed by atoms with Crippen LogP contribution in [0.15, 0.2) is 42.5 Å². The van der Waals surface area contributed by atoms with Gasteiger partial charge in [0.2, 0.25) is 0 Å². The molecule has 0 aliphatic carbocycles. The van der Waals surface area contributed by atoms with Gasteiger partial charge in [-0.1, -0.05) is 12.1 Å². The van der Waals surface area contributed by atoms with Gasteiger partial charge in [-0.3, -0.25) is 4.90 Å². The van der Waals surface area contributed by atoms with Crippen molar-refractivity contribution in [3.8, 4) is 0 Å². The summed E-state index contributed by atoms with van der Waals surface area (Å²) >= 11 is 0. The van der Waals surface area contributed by atoms with E-state index >= 15 is 0 Å². The molecule has 0 aliphatic heterocycles. The fourth-order valence-electron chi connectivity index (χ4n) is 1.87. The molecule has 2 N–H and O–H groups in total. The standard InChI is InChI=1S/C14H9F5N2O/c15-10-5-2-6-11(12(10)16)21(13(20)22)9-4-1-3-8(7-9)14(17,18)19/h1-7H,(H2,20,22). The fraction of sp³-hybridized carbons (Fsp3) is 0.0714. The molecule has 0 aromatic heterocycles. The highest BCUT2D eigenvalue weighted by Crippen LogP contribution is 2.34. The Bertz CT molecular complexity index is 715. The Morgan fingerprint density at radius 1 is 1.05 bits per heavy atom. The van der Waals surface area contributed by atoms with Crippen LogP contribution in [0, 0.1) is 11.6 Å². The summed E-state index contributed by atoms with van der Waals surface area (Å²) < 4.78 is 65.2. The zero-order chi connectivity index (χ0) is 16.5. The van der Waals surface area contributed by atoms with Crippen LogP contribution >= 0.6 is 0 Å².